The van der Waals surface area contributed by atoms with Crippen molar-refractivity contribution in [2.75, 3.05) is 6.61 Å². The van der Waals surface area contributed by atoms with Gasteiger partial charge in [-0.2, -0.15) is 0 Å². The number of aliphatic hydroxyl groups excluding tert-OH is 1. The highest BCUT2D eigenvalue weighted by Crippen LogP contribution is 2.16. The smallest absolute Gasteiger partial charge is 0.244 e. The van der Waals surface area contributed by atoms with Crippen LogP contribution >= 0.6 is 0 Å². The SMILES string of the molecule is CCn1c[n+](C[C@@H](O)COc2ccccc2C)c2ccccc21. The molecule has 3 rings (SSSR count). The lowest BCUT2D eigenvalue weighted by molar-refractivity contribution is -0.679. The van der Waals surface area contributed by atoms with E-state index >= 15 is 0 Å². The van der Waals surface area contributed by atoms with Crippen LogP contribution in [0.15, 0.2) is 54.9 Å². The molecule has 0 aliphatic heterocycles. The van der Waals surface area contributed by atoms with Crippen molar-refractivity contribution in [1.82, 2.24) is 4.57 Å². The van der Waals surface area contributed by atoms with Crippen molar-refractivity contribution in [3.05, 3.63) is 60.4 Å². The van der Waals surface area contributed by atoms with E-state index in [-0.39, 0.29) is 6.61 Å². The topological polar surface area (TPSA) is 38.3 Å². The largest absolute Gasteiger partial charge is 0.490 e. The van der Waals surface area contributed by atoms with Gasteiger partial charge >= 0.3 is 0 Å². The molecule has 0 spiro atoms. The van der Waals surface area contributed by atoms with Crippen molar-refractivity contribution in [2.24, 2.45) is 0 Å². The fourth-order valence-electron chi connectivity index (χ4n) is 2.82. The number of hydrogen-bond acceptors (Lipinski definition) is 2. The summed E-state index contributed by atoms with van der Waals surface area (Å²) in [6.07, 6.45) is 1.50. The van der Waals surface area contributed by atoms with Gasteiger partial charge in [-0.15, -0.1) is 0 Å². The van der Waals surface area contributed by atoms with Crippen molar-refractivity contribution in [3.63, 3.8) is 0 Å². The van der Waals surface area contributed by atoms with Crippen molar-refractivity contribution in [1.29, 1.82) is 0 Å². The molecule has 4 nitrogen and oxygen atoms in total. The predicted molar refractivity (Wildman–Crippen MR) is 90.5 cm³/mol. The summed E-state index contributed by atoms with van der Waals surface area (Å²) in [4.78, 5) is 0. The molecule has 0 aliphatic rings. The van der Waals surface area contributed by atoms with Crippen LogP contribution in [0.1, 0.15) is 12.5 Å². The molecule has 0 aliphatic carbocycles. The molecule has 0 unspecified atom stereocenters. The number of nitrogens with zero attached hydrogens (tertiary/aromatic N) is 2. The Morgan fingerprint density at radius 1 is 1.13 bits per heavy atom. The highest BCUT2D eigenvalue weighted by Gasteiger charge is 2.17. The van der Waals surface area contributed by atoms with Crippen molar-refractivity contribution in [3.8, 4) is 5.75 Å². The number of para-hydroxylation sites is 3. The molecule has 23 heavy (non-hydrogen) atoms. The maximum absolute atomic E-state index is 10.3. The summed E-state index contributed by atoms with van der Waals surface area (Å²) in [6, 6.07) is 16.1. The van der Waals surface area contributed by atoms with E-state index in [1.165, 1.54) is 5.52 Å². The first-order valence-electron chi connectivity index (χ1n) is 8.03. The molecule has 4 heteroatoms. The molecule has 2 aromatic carbocycles. The predicted octanol–water partition coefficient (Wildman–Crippen LogP) is 2.70. The molecule has 1 heterocycles. The van der Waals surface area contributed by atoms with E-state index in [1.54, 1.807) is 0 Å². The highest BCUT2D eigenvalue weighted by molar-refractivity contribution is 5.71. The number of fused-ring (bicyclic) bond motifs is 1. The molecule has 1 aromatic heterocycles. The summed E-state index contributed by atoms with van der Waals surface area (Å²) in [6.45, 7) is 5.83. The molecular formula is C19H23N2O2+. The van der Waals surface area contributed by atoms with E-state index in [0.717, 1.165) is 23.4 Å². The second kappa shape index (κ2) is 6.84. The Bertz CT molecular complexity index is 795. The van der Waals surface area contributed by atoms with Crippen LogP contribution in [0.2, 0.25) is 0 Å². The second-order valence-corrected chi connectivity index (χ2v) is 5.77. The van der Waals surface area contributed by atoms with Gasteiger partial charge in [-0.05, 0) is 37.6 Å². The van der Waals surface area contributed by atoms with E-state index in [9.17, 15) is 5.11 Å². The van der Waals surface area contributed by atoms with Crippen LogP contribution in [-0.4, -0.2) is 22.4 Å². The fourth-order valence-corrected chi connectivity index (χ4v) is 2.82. The average Bonchev–Trinajstić information content (AvgIpc) is 2.92. The number of aliphatic hydroxyl groups is 1. The van der Waals surface area contributed by atoms with E-state index in [4.69, 9.17) is 4.74 Å². The van der Waals surface area contributed by atoms with Gasteiger partial charge in [0.25, 0.3) is 0 Å². The quantitative estimate of drug-likeness (QED) is 0.711. The number of hydrogen-bond donors (Lipinski definition) is 1. The van der Waals surface area contributed by atoms with Gasteiger partial charge in [-0.1, -0.05) is 30.3 Å². The number of rotatable bonds is 6. The highest BCUT2D eigenvalue weighted by atomic mass is 16.5. The molecule has 0 bridgehead atoms. The first-order chi connectivity index (χ1) is 11.2. The lowest BCUT2D eigenvalue weighted by Crippen LogP contribution is -2.41. The van der Waals surface area contributed by atoms with Crippen LogP contribution in [0, 0.1) is 6.92 Å². The minimum atomic E-state index is -0.560. The zero-order valence-electron chi connectivity index (χ0n) is 13.6. The van der Waals surface area contributed by atoms with Gasteiger partial charge in [0.2, 0.25) is 6.33 Å². The summed E-state index contributed by atoms with van der Waals surface area (Å²) >= 11 is 0. The third-order valence-corrected chi connectivity index (χ3v) is 4.05. The summed E-state index contributed by atoms with van der Waals surface area (Å²) in [5.41, 5.74) is 3.39. The standard InChI is InChI=1S/C19H23N2O2/c1-3-20-14-21(18-10-6-5-9-17(18)20)12-16(22)13-23-19-11-7-4-8-15(19)2/h4-11,14,16,22H,3,12-13H2,1-2H3/q+1/t16-/m1/s1. The lowest BCUT2D eigenvalue weighted by Gasteiger charge is -2.12. The Hall–Kier alpha value is -2.33. The third kappa shape index (κ3) is 3.37. The molecule has 1 N–H and O–H groups in total. The van der Waals surface area contributed by atoms with Gasteiger partial charge in [-0.25, -0.2) is 9.13 Å². The molecule has 3 aromatic rings. The summed E-state index contributed by atoms with van der Waals surface area (Å²) < 4.78 is 10.0. The van der Waals surface area contributed by atoms with Crippen molar-refractivity contribution in [2.45, 2.75) is 33.0 Å². The summed E-state index contributed by atoms with van der Waals surface area (Å²) in [5.74, 6) is 0.826. The first-order valence-corrected chi connectivity index (χ1v) is 8.03. The minimum Gasteiger partial charge on any atom is -0.490 e. The average molecular weight is 311 g/mol. The summed E-state index contributed by atoms with van der Waals surface area (Å²) in [5, 5.41) is 10.3. The zero-order chi connectivity index (χ0) is 16.2. The molecule has 0 saturated carbocycles. The zero-order valence-corrected chi connectivity index (χ0v) is 13.6. The van der Waals surface area contributed by atoms with Gasteiger partial charge < -0.3 is 9.84 Å². The molecule has 0 fully saturated rings. The Morgan fingerprint density at radius 2 is 1.87 bits per heavy atom. The maximum atomic E-state index is 10.3. The van der Waals surface area contributed by atoms with Crippen molar-refractivity contribution < 1.29 is 14.4 Å². The van der Waals surface area contributed by atoms with Gasteiger partial charge in [0.1, 0.15) is 25.0 Å². The number of imidazole rings is 1. The summed E-state index contributed by atoms with van der Waals surface area (Å²) in [7, 11) is 0. The van der Waals surface area contributed by atoms with Gasteiger partial charge in [0.05, 0.1) is 6.54 Å². The van der Waals surface area contributed by atoms with E-state index in [2.05, 4.69) is 34.5 Å². The molecule has 0 amide bonds. The monoisotopic (exact) mass is 311 g/mol. The first kappa shape index (κ1) is 15.6. The van der Waals surface area contributed by atoms with Crippen LogP contribution in [0.3, 0.4) is 0 Å². The van der Waals surface area contributed by atoms with Crippen LogP contribution in [-0.2, 0) is 13.1 Å². The molecular weight excluding hydrogens is 288 g/mol. The Kier molecular flexibility index (Phi) is 4.63. The lowest BCUT2D eigenvalue weighted by atomic mass is 10.2. The molecule has 120 valence electrons. The van der Waals surface area contributed by atoms with Gasteiger partial charge in [0, 0.05) is 0 Å². The molecule has 0 radical (unpaired) electrons. The normalized spacial score (nSPS) is 12.5. The second-order valence-electron chi connectivity index (χ2n) is 5.77. The maximum Gasteiger partial charge on any atom is 0.244 e. The molecule has 0 saturated heterocycles. The van der Waals surface area contributed by atoms with Gasteiger partial charge in [0.15, 0.2) is 11.0 Å². The fraction of sp³-hybridized carbons (Fsp3) is 0.316. The minimum absolute atomic E-state index is 0.281. The van der Waals surface area contributed by atoms with Crippen LogP contribution in [0.25, 0.3) is 11.0 Å². The van der Waals surface area contributed by atoms with E-state index in [1.807, 2.05) is 43.3 Å². The number of aryl methyl sites for hydroxylation is 2. The van der Waals surface area contributed by atoms with E-state index < -0.39 is 6.10 Å². The van der Waals surface area contributed by atoms with Crippen LogP contribution in [0.5, 0.6) is 5.75 Å². The van der Waals surface area contributed by atoms with Crippen LogP contribution in [0.4, 0.5) is 0 Å². The number of ether oxygens (including phenoxy) is 1. The number of benzene rings is 2. The van der Waals surface area contributed by atoms with E-state index in [0.29, 0.717) is 6.54 Å². The number of aromatic nitrogens is 2. The van der Waals surface area contributed by atoms with Gasteiger partial charge in [-0.3, -0.25) is 0 Å². The Balaban J connectivity index is 1.71. The Labute approximate surface area is 136 Å². The van der Waals surface area contributed by atoms with Crippen LogP contribution < -0.4 is 9.30 Å². The Morgan fingerprint density at radius 3 is 2.65 bits per heavy atom. The molecule has 1 atom stereocenters. The van der Waals surface area contributed by atoms with Crippen molar-refractivity contribution >= 4 is 11.0 Å². The third-order valence-electron chi connectivity index (χ3n) is 4.05.